The van der Waals surface area contributed by atoms with Gasteiger partial charge in [0, 0.05) is 12.1 Å². The van der Waals surface area contributed by atoms with Crippen LogP contribution >= 0.6 is 0 Å². The van der Waals surface area contributed by atoms with Crippen molar-refractivity contribution in [3.05, 3.63) is 17.0 Å². The highest BCUT2D eigenvalue weighted by Gasteiger charge is 2.10. The highest BCUT2D eigenvalue weighted by molar-refractivity contribution is 5.77. The highest BCUT2D eigenvalue weighted by atomic mass is 16.5. The molecule has 0 aliphatic carbocycles. The average molecular weight is 224 g/mol. The summed E-state index contributed by atoms with van der Waals surface area (Å²) in [5, 5.41) is 7.00. The lowest BCUT2D eigenvalue weighted by molar-refractivity contribution is 0.390. The number of nitrogens with two attached hydrogens (primary N) is 1. The zero-order valence-corrected chi connectivity index (χ0v) is 10.2. The van der Waals surface area contributed by atoms with Crippen molar-refractivity contribution in [2.75, 3.05) is 6.54 Å². The van der Waals surface area contributed by atoms with Crippen LogP contribution in [0, 0.1) is 6.92 Å². The maximum Gasteiger partial charge on any atom is 0.188 e. The van der Waals surface area contributed by atoms with Crippen molar-refractivity contribution in [3.63, 3.8) is 0 Å². The summed E-state index contributed by atoms with van der Waals surface area (Å²) >= 11 is 0. The summed E-state index contributed by atoms with van der Waals surface area (Å²) in [6.07, 6.45) is 1.88. The number of aryl methyl sites for hydroxylation is 2. The molecule has 0 saturated carbocycles. The molecule has 3 N–H and O–H groups in total. The van der Waals surface area contributed by atoms with E-state index in [-0.39, 0.29) is 0 Å². The van der Waals surface area contributed by atoms with Crippen LogP contribution in [0.5, 0.6) is 0 Å². The van der Waals surface area contributed by atoms with Gasteiger partial charge >= 0.3 is 0 Å². The minimum Gasteiger partial charge on any atom is -0.370 e. The van der Waals surface area contributed by atoms with Crippen LogP contribution in [0.15, 0.2) is 9.52 Å². The molecule has 5 heteroatoms. The molecule has 0 atom stereocenters. The third-order valence-electron chi connectivity index (χ3n) is 2.36. The number of nitrogens with one attached hydrogen (secondary N) is 1. The molecule has 0 spiro atoms. The average Bonchev–Trinajstić information content (AvgIpc) is 2.64. The molecule has 0 unspecified atom stereocenters. The monoisotopic (exact) mass is 224 g/mol. The van der Waals surface area contributed by atoms with E-state index in [0.717, 1.165) is 36.4 Å². The van der Waals surface area contributed by atoms with Gasteiger partial charge in [-0.1, -0.05) is 19.0 Å². The maximum absolute atomic E-state index is 5.71. The largest absolute Gasteiger partial charge is 0.370 e. The number of aliphatic imine (C=N–C) groups is 1. The second kappa shape index (κ2) is 6.15. The molecule has 0 saturated heterocycles. The van der Waals surface area contributed by atoms with Crippen LogP contribution in [-0.2, 0) is 13.0 Å². The van der Waals surface area contributed by atoms with Gasteiger partial charge in [-0.25, -0.2) is 4.99 Å². The van der Waals surface area contributed by atoms with Crippen LogP contribution in [0.3, 0.4) is 0 Å². The van der Waals surface area contributed by atoms with Gasteiger partial charge in [0.2, 0.25) is 0 Å². The topological polar surface area (TPSA) is 76.4 Å². The SMILES string of the molecule is CCCNC(N)=NCc1c(CC)noc1C. The van der Waals surface area contributed by atoms with E-state index >= 15 is 0 Å². The summed E-state index contributed by atoms with van der Waals surface area (Å²) in [4.78, 5) is 4.26. The Hall–Kier alpha value is -1.52. The second-order valence-corrected chi connectivity index (χ2v) is 3.65. The molecule has 0 aliphatic heterocycles. The minimum atomic E-state index is 0.476. The maximum atomic E-state index is 5.71. The van der Waals surface area contributed by atoms with E-state index in [0.29, 0.717) is 12.5 Å². The van der Waals surface area contributed by atoms with Gasteiger partial charge < -0.3 is 15.6 Å². The first-order valence-electron chi connectivity index (χ1n) is 5.66. The third kappa shape index (κ3) is 3.25. The standard InChI is InChI=1S/C11H20N4O/c1-4-6-13-11(12)14-7-9-8(3)16-15-10(9)5-2/h4-7H2,1-3H3,(H3,12,13,14). The van der Waals surface area contributed by atoms with Gasteiger partial charge in [-0.2, -0.15) is 0 Å². The van der Waals surface area contributed by atoms with Crippen LogP contribution in [-0.4, -0.2) is 17.7 Å². The first kappa shape index (κ1) is 12.5. The van der Waals surface area contributed by atoms with Gasteiger partial charge in [-0.3, -0.25) is 0 Å². The normalized spacial score (nSPS) is 11.8. The minimum absolute atomic E-state index is 0.476. The lowest BCUT2D eigenvalue weighted by Gasteiger charge is -2.03. The Morgan fingerprint density at radius 2 is 2.25 bits per heavy atom. The van der Waals surface area contributed by atoms with E-state index in [9.17, 15) is 0 Å². The fourth-order valence-electron chi connectivity index (χ4n) is 1.39. The molecule has 1 aromatic heterocycles. The van der Waals surface area contributed by atoms with Crippen molar-refractivity contribution < 1.29 is 4.52 Å². The first-order valence-corrected chi connectivity index (χ1v) is 5.66. The summed E-state index contributed by atoms with van der Waals surface area (Å²) in [7, 11) is 0. The molecule has 90 valence electrons. The van der Waals surface area contributed by atoms with E-state index in [2.05, 4.69) is 22.4 Å². The van der Waals surface area contributed by atoms with Crippen LogP contribution in [0.25, 0.3) is 0 Å². The summed E-state index contributed by atoms with van der Waals surface area (Å²) in [6, 6.07) is 0. The van der Waals surface area contributed by atoms with Crippen molar-refractivity contribution in [2.24, 2.45) is 10.7 Å². The van der Waals surface area contributed by atoms with Gasteiger partial charge in [0.05, 0.1) is 12.2 Å². The predicted molar refractivity (Wildman–Crippen MR) is 64.2 cm³/mol. The Labute approximate surface area is 96.1 Å². The van der Waals surface area contributed by atoms with Gasteiger partial charge in [0.1, 0.15) is 5.76 Å². The first-order chi connectivity index (χ1) is 7.69. The molecule has 0 aliphatic rings. The van der Waals surface area contributed by atoms with Gasteiger partial charge in [0.25, 0.3) is 0 Å². The fourth-order valence-corrected chi connectivity index (χ4v) is 1.39. The summed E-state index contributed by atoms with van der Waals surface area (Å²) in [5.41, 5.74) is 7.71. The highest BCUT2D eigenvalue weighted by Crippen LogP contribution is 2.14. The Bertz CT molecular complexity index is 357. The lowest BCUT2D eigenvalue weighted by Crippen LogP contribution is -2.32. The van der Waals surface area contributed by atoms with Crippen molar-refractivity contribution in [1.82, 2.24) is 10.5 Å². The number of rotatable bonds is 5. The molecule has 5 nitrogen and oxygen atoms in total. The van der Waals surface area contributed by atoms with Crippen molar-refractivity contribution in [1.29, 1.82) is 0 Å². The quantitative estimate of drug-likeness (QED) is 0.585. The van der Waals surface area contributed by atoms with Crippen molar-refractivity contribution in [2.45, 2.75) is 40.2 Å². The molecule has 1 heterocycles. The number of hydrogen-bond donors (Lipinski definition) is 2. The number of nitrogens with zero attached hydrogens (tertiary/aromatic N) is 2. The summed E-state index contributed by atoms with van der Waals surface area (Å²) in [6.45, 7) is 7.40. The Balaban J connectivity index is 2.62. The molecule has 0 fully saturated rings. The van der Waals surface area contributed by atoms with Crippen molar-refractivity contribution >= 4 is 5.96 Å². The van der Waals surface area contributed by atoms with E-state index in [4.69, 9.17) is 10.3 Å². The summed E-state index contributed by atoms with van der Waals surface area (Å²) in [5.74, 6) is 1.30. The Morgan fingerprint density at radius 3 is 2.88 bits per heavy atom. The van der Waals surface area contributed by atoms with Crippen LogP contribution in [0.2, 0.25) is 0 Å². The predicted octanol–water partition coefficient (Wildman–Crippen LogP) is 1.36. The molecule has 0 bridgehead atoms. The summed E-state index contributed by atoms with van der Waals surface area (Å²) < 4.78 is 5.12. The molecule has 0 aromatic carbocycles. The number of guanidine groups is 1. The zero-order chi connectivity index (χ0) is 12.0. The molecular formula is C11H20N4O. The van der Waals surface area contributed by atoms with Crippen LogP contribution in [0.1, 0.15) is 37.3 Å². The molecular weight excluding hydrogens is 204 g/mol. The Morgan fingerprint density at radius 1 is 1.50 bits per heavy atom. The smallest absolute Gasteiger partial charge is 0.188 e. The van der Waals surface area contributed by atoms with Gasteiger partial charge in [0.15, 0.2) is 5.96 Å². The van der Waals surface area contributed by atoms with Gasteiger partial charge in [-0.05, 0) is 19.8 Å². The van der Waals surface area contributed by atoms with E-state index in [1.165, 1.54) is 0 Å². The Kier molecular flexibility index (Phi) is 4.82. The molecule has 1 rings (SSSR count). The van der Waals surface area contributed by atoms with Crippen molar-refractivity contribution in [3.8, 4) is 0 Å². The second-order valence-electron chi connectivity index (χ2n) is 3.65. The molecule has 16 heavy (non-hydrogen) atoms. The third-order valence-corrected chi connectivity index (χ3v) is 2.36. The molecule has 0 radical (unpaired) electrons. The number of aromatic nitrogens is 1. The molecule has 1 aromatic rings. The zero-order valence-electron chi connectivity index (χ0n) is 10.2. The van der Waals surface area contributed by atoms with Crippen LogP contribution in [0.4, 0.5) is 0 Å². The number of hydrogen-bond acceptors (Lipinski definition) is 3. The van der Waals surface area contributed by atoms with E-state index < -0.39 is 0 Å². The fraction of sp³-hybridized carbons (Fsp3) is 0.636. The van der Waals surface area contributed by atoms with Gasteiger partial charge in [-0.15, -0.1) is 0 Å². The lowest BCUT2D eigenvalue weighted by atomic mass is 10.1. The molecule has 0 amide bonds. The van der Waals surface area contributed by atoms with E-state index in [1.54, 1.807) is 0 Å². The van der Waals surface area contributed by atoms with E-state index in [1.807, 2.05) is 13.8 Å². The van der Waals surface area contributed by atoms with Crippen LogP contribution < -0.4 is 11.1 Å².